The van der Waals surface area contributed by atoms with Crippen molar-refractivity contribution in [1.82, 2.24) is 20.2 Å². The fraction of sp³-hybridized carbons (Fsp3) is 0.583. The molecular weight excluding hydrogens is 246 g/mol. The van der Waals surface area contributed by atoms with Gasteiger partial charge in [-0.3, -0.25) is 14.5 Å². The number of carbonyl (C=O) groups excluding carboxylic acids is 2. The quantitative estimate of drug-likeness (QED) is 0.734. The maximum atomic E-state index is 11.8. The van der Waals surface area contributed by atoms with Crippen LogP contribution in [0.2, 0.25) is 0 Å². The van der Waals surface area contributed by atoms with Crippen molar-refractivity contribution in [1.29, 1.82) is 0 Å². The first-order valence-electron chi connectivity index (χ1n) is 6.35. The summed E-state index contributed by atoms with van der Waals surface area (Å²) in [6, 6.07) is 0. The summed E-state index contributed by atoms with van der Waals surface area (Å²) in [6.45, 7) is 1.74. The lowest BCUT2D eigenvalue weighted by Crippen LogP contribution is -2.49. The third kappa shape index (κ3) is 2.93. The van der Waals surface area contributed by atoms with Gasteiger partial charge < -0.3 is 15.2 Å². The molecule has 0 atom stereocenters. The van der Waals surface area contributed by atoms with Gasteiger partial charge in [0.15, 0.2) is 0 Å². The molecule has 1 aliphatic heterocycles. The SMILES string of the molecule is CNC(=O)CCc1cnc(N2CCNCC2=O)n1C. The normalized spacial score (nSPS) is 15.7. The minimum atomic E-state index is 0.000925. The second kappa shape index (κ2) is 5.83. The highest BCUT2D eigenvalue weighted by atomic mass is 16.2. The van der Waals surface area contributed by atoms with Crippen LogP contribution >= 0.6 is 0 Å². The van der Waals surface area contributed by atoms with Crippen molar-refractivity contribution in [3.8, 4) is 0 Å². The number of nitrogens with zero attached hydrogens (tertiary/aromatic N) is 3. The number of nitrogens with one attached hydrogen (secondary N) is 2. The van der Waals surface area contributed by atoms with Crippen LogP contribution in [0.25, 0.3) is 0 Å². The highest BCUT2D eigenvalue weighted by Crippen LogP contribution is 2.16. The molecule has 0 aliphatic carbocycles. The molecule has 1 saturated heterocycles. The fourth-order valence-electron chi connectivity index (χ4n) is 2.10. The monoisotopic (exact) mass is 265 g/mol. The summed E-state index contributed by atoms with van der Waals surface area (Å²) in [6.07, 6.45) is 2.77. The summed E-state index contributed by atoms with van der Waals surface area (Å²) < 4.78 is 1.88. The summed E-state index contributed by atoms with van der Waals surface area (Å²) in [4.78, 5) is 29.0. The van der Waals surface area contributed by atoms with E-state index in [9.17, 15) is 9.59 Å². The first-order valence-corrected chi connectivity index (χ1v) is 6.35. The Hall–Kier alpha value is -1.89. The summed E-state index contributed by atoms with van der Waals surface area (Å²) in [7, 11) is 3.49. The molecule has 1 aromatic rings. The van der Waals surface area contributed by atoms with E-state index in [-0.39, 0.29) is 11.8 Å². The molecule has 2 N–H and O–H groups in total. The van der Waals surface area contributed by atoms with E-state index < -0.39 is 0 Å². The Morgan fingerprint density at radius 1 is 1.58 bits per heavy atom. The predicted octanol–water partition coefficient (Wildman–Crippen LogP) is -0.965. The van der Waals surface area contributed by atoms with Crippen molar-refractivity contribution in [2.45, 2.75) is 12.8 Å². The van der Waals surface area contributed by atoms with Crippen LogP contribution in [0.5, 0.6) is 0 Å². The van der Waals surface area contributed by atoms with Crippen molar-refractivity contribution >= 4 is 17.8 Å². The van der Waals surface area contributed by atoms with Gasteiger partial charge in [-0.15, -0.1) is 0 Å². The first-order chi connectivity index (χ1) is 9.13. The van der Waals surface area contributed by atoms with Crippen LogP contribution in [0.15, 0.2) is 6.20 Å². The van der Waals surface area contributed by atoms with Crippen LogP contribution in [-0.2, 0) is 23.1 Å². The number of imidazole rings is 1. The van der Waals surface area contributed by atoms with Gasteiger partial charge in [0, 0.05) is 39.3 Å². The molecule has 0 unspecified atom stereocenters. The Morgan fingerprint density at radius 3 is 3.05 bits per heavy atom. The van der Waals surface area contributed by atoms with Crippen LogP contribution in [0.3, 0.4) is 0 Å². The molecule has 19 heavy (non-hydrogen) atoms. The topological polar surface area (TPSA) is 79.3 Å². The van der Waals surface area contributed by atoms with Gasteiger partial charge in [0.25, 0.3) is 0 Å². The van der Waals surface area contributed by atoms with Crippen molar-refractivity contribution in [3.63, 3.8) is 0 Å². The fourth-order valence-corrected chi connectivity index (χ4v) is 2.10. The number of carbonyl (C=O) groups is 2. The highest BCUT2D eigenvalue weighted by Gasteiger charge is 2.23. The number of hydrogen-bond donors (Lipinski definition) is 2. The van der Waals surface area contributed by atoms with Gasteiger partial charge in [-0.2, -0.15) is 0 Å². The molecule has 0 spiro atoms. The lowest BCUT2D eigenvalue weighted by Gasteiger charge is -2.26. The summed E-state index contributed by atoms with van der Waals surface area (Å²) in [5, 5.41) is 5.62. The number of hydrogen-bond acceptors (Lipinski definition) is 4. The number of anilines is 1. The Kier molecular flexibility index (Phi) is 4.16. The predicted molar refractivity (Wildman–Crippen MR) is 70.8 cm³/mol. The third-order valence-electron chi connectivity index (χ3n) is 3.28. The van der Waals surface area contributed by atoms with Crippen LogP contribution < -0.4 is 15.5 Å². The largest absolute Gasteiger partial charge is 0.359 e. The Bertz CT molecular complexity index is 482. The summed E-state index contributed by atoms with van der Waals surface area (Å²) in [5.74, 6) is 0.678. The molecule has 2 rings (SSSR count). The molecule has 1 aliphatic rings. The second-order valence-electron chi connectivity index (χ2n) is 4.50. The minimum absolute atomic E-state index is 0.000925. The molecular formula is C12H19N5O2. The van der Waals surface area contributed by atoms with Crippen molar-refractivity contribution < 1.29 is 9.59 Å². The van der Waals surface area contributed by atoms with E-state index in [0.29, 0.717) is 31.9 Å². The van der Waals surface area contributed by atoms with E-state index in [4.69, 9.17) is 0 Å². The number of aromatic nitrogens is 2. The van der Waals surface area contributed by atoms with Crippen molar-refractivity contribution in [2.24, 2.45) is 7.05 Å². The zero-order chi connectivity index (χ0) is 13.8. The molecule has 104 valence electrons. The Morgan fingerprint density at radius 2 is 2.37 bits per heavy atom. The van der Waals surface area contributed by atoms with Gasteiger partial charge in [-0.1, -0.05) is 0 Å². The van der Waals surface area contributed by atoms with Crippen molar-refractivity contribution in [2.75, 3.05) is 31.6 Å². The van der Waals surface area contributed by atoms with Crippen LogP contribution in [-0.4, -0.2) is 48.0 Å². The maximum Gasteiger partial charge on any atom is 0.243 e. The average molecular weight is 265 g/mol. The van der Waals surface area contributed by atoms with Gasteiger partial charge in [-0.05, 0) is 6.42 Å². The van der Waals surface area contributed by atoms with Crippen molar-refractivity contribution in [3.05, 3.63) is 11.9 Å². The van der Waals surface area contributed by atoms with E-state index in [0.717, 1.165) is 12.2 Å². The Labute approximate surface area is 112 Å². The van der Waals surface area contributed by atoms with E-state index in [1.165, 1.54) is 0 Å². The zero-order valence-corrected chi connectivity index (χ0v) is 11.3. The molecule has 1 fully saturated rings. The van der Waals surface area contributed by atoms with E-state index >= 15 is 0 Å². The van der Waals surface area contributed by atoms with Crippen LogP contribution in [0, 0.1) is 0 Å². The zero-order valence-electron chi connectivity index (χ0n) is 11.3. The number of piperazine rings is 1. The van der Waals surface area contributed by atoms with Gasteiger partial charge in [0.2, 0.25) is 17.8 Å². The molecule has 7 nitrogen and oxygen atoms in total. The average Bonchev–Trinajstić information content (AvgIpc) is 2.78. The standard InChI is InChI=1S/C12H19N5O2/c1-13-10(18)4-3-9-7-15-12(16(9)2)17-6-5-14-8-11(17)19/h7,14H,3-6,8H2,1-2H3,(H,13,18). The molecule has 0 aromatic carbocycles. The number of rotatable bonds is 4. The van der Waals surface area contributed by atoms with Crippen LogP contribution in [0.4, 0.5) is 5.95 Å². The summed E-state index contributed by atoms with van der Waals surface area (Å²) >= 11 is 0. The van der Waals surface area contributed by atoms with E-state index in [2.05, 4.69) is 15.6 Å². The number of amides is 2. The lowest BCUT2D eigenvalue weighted by atomic mass is 10.2. The number of aryl methyl sites for hydroxylation is 1. The molecule has 7 heteroatoms. The van der Waals surface area contributed by atoms with Gasteiger partial charge >= 0.3 is 0 Å². The summed E-state index contributed by atoms with van der Waals surface area (Å²) in [5.41, 5.74) is 0.949. The molecule has 0 bridgehead atoms. The second-order valence-corrected chi connectivity index (χ2v) is 4.50. The molecule has 0 radical (unpaired) electrons. The lowest BCUT2D eigenvalue weighted by molar-refractivity contribution is -0.120. The van der Waals surface area contributed by atoms with Gasteiger partial charge in [0.1, 0.15) is 0 Å². The Balaban J connectivity index is 2.09. The molecule has 0 saturated carbocycles. The molecule has 1 aromatic heterocycles. The van der Waals surface area contributed by atoms with Crippen LogP contribution in [0.1, 0.15) is 12.1 Å². The smallest absolute Gasteiger partial charge is 0.243 e. The molecule has 2 heterocycles. The van der Waals surface area contributed by atoms with Gasteiger partial charge in [0.05, 0.1) is 12.7 Å². The van der Waals surface area contributed by atoms with Gasteiger partial charge in [-0.25, -0.2) is 4.98 Å². The highest BCUT2D eigenvalue weighted by molar-refractivity contribution is 5.94. The minimum Gasteiger partial charge on any atom is -0.359 e. The van der Waals surface area contributed by atoms with E-state index in [1.54, 1.807) is 18.1 Å². The molecule has 2 amide bonds. The third-order valence-corrected chi connectivity index (χ3v) is 3.28. The maximum absolute atomic E-state index is 11.8. The first kappa shape index (κ1) is 13.5. The van der Waals surface area contributed by atoms with E-state index in [1.807, 2.05) is 11.6 Å².